The van der Waals surface area contributed by atoms with Crippen molar-refractivity contribution >= 4 is 5.91 Å². The SMILES string of the molecule is Cc1cccc(C)c1C(=O)N1CC2CN([C@@H](C)CCc3ccccc3)CC2C1. The van der Waals surface area contributed by atoms with Crippen LogP contribution in [0.4, 0.5) is 0 Å². The van der Waals surface area contributed by atoms with Gasteiger partial charge in [0.2, 0.25) is 0 Å². The van der Waals surface area contributed by atoms with Gasteiger partial charge in [-0.15, -0.1) is 0 Å². The molecule has 2 aromatic rings. The van der Waals surface area contributed by atoms with Crippen LogP contribution in [0.5, 0.6) is 0 Å². The van der Waals surface area contributed by atoms with Gasteiger partial charge < -0.3 is 4.90 Å². The second-order valence-corrected chi connectivity index (χ2v) is 8.82. The van der Waals surface area contributed by atoms with E-state index in [1.807, 2.05) is 32.0 Å². The maximum atomic E-state index is 13.1. The molecule has 2 heterocycles. The fourth-order valence-electron chi connectivity index (χ4n) is 5.07. The van der Waals surface area contributed by atoms with Gasteiger partial charge in [-0.25, -0.2) is 0 Å². The van der Waals surface area contributed by atoms with E-state index in [9.17, 15) is 4.79 Å². The molecule has 148 valence electrons. The number of carbonyl (C=O) groups is 1. The number of benzene rings is 2. The predicted octanol–water partition coefficient (Wildman–Crippen LogP) is 4.33. The third-order valence-corrected chi connectivity index (χ3v) is 6.81. The molecule has 2 fully saturated rings. The van der Waals surface area contributed by atoms with Crippen molar-refractivity contribution in [3.63, 3.8) is 0 Å². The summed E-state index contributed by atoms with van der Waals surface area (Å²) in [7, 11) is 0. The third kappa shape index (κ3) is 3.86. The number of hydrogen-bond acceptors (Lipinski definition) is 2. The van der Waals surface area contributed by atoms with E-state index in [0.717, 1.165) is 49.3 Å². The smallest absolute Gasteiger partial charge is 0.254 e. The molecule has 0 spiro atoms. The van der Waals surface area contributed by atoms with Gasteiger partial charge in [-0.3, -0.25) is 9.69 Å². The highest BCUT2D eigenvalue weighted by Crippen LogP contribution is 2.34. The zero-order chi connectivity index (χ0) is 19.7. The van der Waals surface area contributed by atoms with E-state index in [0.29, 0.717) is 17.9 Å². The molecule has 1 amide bonds. The second-order valence-electron chi connectivity index (χ2n) is 8.82. The summed E-state index contributed by atoms with van der Waals surface area (Å²) in [5, 5.41) is 0. The van der Waals surface area contributed by atoms with Crippen molar-refractivity contribution in [1.29, 1.82) is 0 Å². The van der Waals surface area contributed by atoms with Crippen LogP contribution in [0.2, 0.25) is 0 Å². The highest BCUT2D eigenvalue weighted by Gasteiger charge is 2.42. The number of hydrogen-bond donors (Lipinski definition) is 0. The summed E-state index contributed by atoms with van der Waals surface area (Å²) in [6.45, 7) is 10.6. The second kappa shape index (κ2) is 8.08. The van der Waals surface area contributed by atoms with Crippen LogP contribution in [0.1, 0.15) is 40.4 Å². The molecule has 2 aliphatic heterocycles. The number of carbonyl (C=O) groups excluding carboxylic acids is 1. The lowest BCUT2D eigenvalue weighted by molar-refractivity contribution is 0.0768. The summed E-state index contributed by atoms with van der Waals surface area (Å²) in [6, 6.07) is 17.5. The number of fused-ring (bicyclic) bond motifs is 1. The van der Waals surface area contributed by atoms with Crippen molar-refractivity contribution in [2.75, 3.05) is 26.2 Å². The Hall–Kier alpha value is -2.13. The normalized spacial score (nSPS) is 23.0. The number of aryl methyl sites for hydroxylation is 3. The average molecular weight is 377 g/mol. The largest absolute Gasteiger partial charge is 0.338 e. The average Bonchev–Trinajstić information content (AvgIpc) is 3.26. The van der Waals surface area contributed by atoms with E-state index in [-0.39, 0.29) is 5.91 Å². The summed E-state index contributed by atoms with van der Waals surface area (Å²) in [5.74, 6) is 1.49. The zero-order valence-electron chi connectivity index (χ0n) is 17.4. The number of likely N-dealkylation sites (tertiary alicyclic amines) is 2. The summed E-state index contributed by atoms with van der Waals surface area (Å²) in [5.41, 5.74) is 4.53. The number of rotatable bonds is 5. The van der Waals surface area contributed by atoms with E-state index in [2.05, 4.69) is 47.1 Å². The maximum Gasteiger partial charge on any atom is 0.254 e. The van der Waals surface area contributed by atoms with Gasteiger partial charge in [-0.2, -0.15) is 0 Å². The first kappa shape index (κ1) is 19.2. The molecule has 0 radical (unpaired) electrons. The predicted molar refractivity (Wildman–Crippen MR) is 115 cm³/mol. The fourth-order valence-corrected chi connectivity index (χ4v) is 5.07. The Morgan fingerprint density at radius 1 is 0.929 bits per heavy atom. The van der Waals surface area contributed by atoms with Crippen molar-refractivity contribution in [3.8, 4) is 0 Å². The Morgan fingerprint density at radius 3 is 2.14 bits per heavy atom. The lowest BCUT2D eigenvalue weighted by atomic mass is 10.0. The quantitative estimate of drug-likeness (QED) is 0.775. The molecule has 0 bridgehead atoms. The molecule has 3 heteroatoms. The zero-order valence-corrected chi connectivity index (χ0v) is 17.4. The highest BCUT2D eigenvalue weighted by molar-refractivity contribution is 5.97. The Balaban J connectivity index is 1.32. The van der Waals surface area contributed by atoms with Gasteiger partial charge in [0.25, 0.3) is 5.91 Å². The molecular formula is C25H32N2O. The van der Waals surface area contributed by atoms with Gasteiger partial charge >= 0.3 is 0 Å². The molecule has 0 saturated carbocycles. The summed E-state index contributed by atoms with van der Waals surface area (Å²) in [4.78, 5) is 17.9. The van der Waals surface area contributed by atoms with Crippen molar-refractivity contribution < 1.29 is 4.79 Å². The van der Waals surface area contributed by atoms with Crippen molar-refractivity contribution in [2.24, 2.45) is 11.8 Å². The molecule has 4 rings (SSSR count). The van der Waals surface area contributed by atoms with Crippen LogP contribution < -0.4 is 0 Å². The standard InChI is InChI=1S/C25H32N2O/c1-18-8-7-9-19(2)24(18)25(28)27-16-22-14-26(15-23(22)17-27)20(3)12-13-21-10-5-4-6-11-21/h4-11,20,22-23H,12-17H2,1-3H3/t20-,22?,23?/m0/s1. The molecule has 2 aliphatic rings. The van der Waals surface area contributed by atoms with Gasteiger partial charge in [0.1, 0.15) is 0 Å². The van der Waals surface area contributed by atoms with E-state index in [4.69, 9.17) is 0 Å². The highest BCUT2D eigenvalue weighted by atomic mass is 16.2. The Kier molecular flexibility index (Phi) is 5.54. The molecule has 3 nitrogen and oxygen atoms in total. The lowest BCUT2D eigenvalue weighted by Crippen LogP contribution is -2.37. The lowest BCUT2D eigenvalue weighted by Gasteiger charge is -2.27. The van der Waals surface area contributed by atoms with Crippen molar-refractivity contribution in [1.82, 2.24) is 9.80 Å². The first-order valence-corrected chi connectivity index (χ1v) is 10.7. The van der Waals surface area contributed by atoms with Crippen LogP contribution >= 0.6 is 0 Å². The van der Waals surface area contributed by atoms with Crippen LogP contribution in [0.3, 0.4) is 0 Å². The Labute approximate surface area is 169 Å². The molecular weight excluding hydrogens is 344 g/mol. The van der Waals surface area contributed by atoms with E-state index >= 15 is 0 Å². The Morgan fingerprint density at radius 2 is 1.54 bits per heavy atom. The van der Waals surface area contributed by atoms with Crippen molar-refractivity contribution in [2.45, 2.75) is 39.7 Å². The molecule has 3 atom stereocenters. The number of amides is 1. The Bertz CT molecular complexity index is 797. The molecule has 2 unspecified atom stereocenters. The van der Waals surface area contributed by atoms with Gasteiger partial charge in [0.05, 0.1) is 0 Å². The van der Waals surface area contributed by atoms with Gasteiger partial charge in [0.15, 0.2) is 0 Å². The topological polar surface area (TPSA) is 23.6 Å². The first-order valence-electron chi connectivity index (χ1n) is 10.7. The number of nitrogens with zero attached hydrogens (tertiary/aromatic N) is 2. The molecule has 2 aromatic carbocycles. The molecule has 0 aliphatic carbocycles. The summed E-state index contributed by atoms with van der Waals surface area (Å²) >= 11 is 0. The maximum absolute atomic E-state index is 13.1. The summed E-state index contributed by atoms with van der Waals surface area (Å²) < 4.78 is 0. The van der Waals surface area contributed by atoms with E-state index in [1.54, 1.807) is 0 Å². The van der Waals surface area contributed by atoms with Gasteiger partial charge in [-0.05, 0) is 62.1 Å². The minimum Gasteiger partial charge on any atom is -0.338 e. The van der Waals surface area contributed by atoms with Crippen molar-refractivity contribution in [3.05, 3.63) is 70.8 Å². The minimum absolute atomic E-state index is 0.230. The van der Waals surface area contributed by atoms with Gasteiger partial charge in [-0.1, -0.05) is 48.5 Å². The van der Waals surface area contributed by atoms with Crippen LogP contribution in [-0.4, -0.2) is 47.9 Å². The van der Waals surface area contributed by atoms with Crippen LogP contribution in [-0.2, 0) is 6.42 Å². The first-order chi connectivity index (χ1) is 13.5. The van der Waals surface area contributed by atoms with Crippen LogP contribution in [0.25, 0.3) is 0 Å². The van der Waals surface area contributed by atoms with Gasteiger partial charge in [0, 0.05) is 37.8 Å². The molecule has 0 aromatic heterocycles. The van der Waals surface area contributed by atoms with Crippen LogP contribution in [0.15, 0.2) is 48.5 Å². The molecule has 28 heavy (non-hydrogen) atoms. The third-order valence-electron chi connectivity index (χ3n) is 6.81. The monoisotopic (exact) mass is 376 g/mol. The van der Waals surface area contributed by atoms with Crippen LogP contribution in [0, 0.1) is 25.7 Å². The minimum atomic E-state index is 0.230. The molecule has 0 N–H and O–H groups in total. The van der Waals surface area contributed by atoms with E-state index in [1.165, 1.54) is 12.0 Å². The fraction of sp³-hybridized carbons (Fsp3) is 0.480. The summed E-state index contributed by atoms with van der Waals surface area (Å²) in [6.07, 6.45) is 2.35. The molecule has 2 saturated heterocycles. The van der Waals surface area contributed by atoms with E-state index < -0.39 is 0 Å².